The number of aliphatic hydroxyl groups excluding tert-OH is 1. The van der Waals surface area contributed by atoms with Crippen molar-refractivity contribution in [2.45, 2.75) is 19.3 Å². The molecule has 0 aromatic heterocycles. The van der Waals surface area contributed by atoms with E-state index < -0.39 is 5.82 Å². The molecule has 0 saturated heterocycles. The second-order valence-corrected chi connectivity index (χ2v) is 4.21. The molecule has 0 spiro atoms. The van der Waals surface area contributed by atoms with Crippen molar-refractivity contribution in [1.29, 1.82) is 0 Å². The monoisotopic (exact) mass is 289 g/mol. The number of unbranched alkanes of at least 4 members (excludes halogenated alkanes) is 1. The summed E-state index contributed by atoms with van der Waals surface area (Å²) >= 11 is 3.22. The number of hydrogen-bond acceptors (Lipinski definition) is 2. The molecular formula is C11H13BrFNO2. The van der Waals surface area contributed by atoms with Gasteiger partial charge < -0.3 is 10.4 Å². The van der Waals surface area contributed by atoms with E-state index in [2.05, 4.69) is 21.2 Å². The van der Waals surface area contributed by atoms with Crippen molar-refractivity contribution in [2.75, 3.05) is 11.9 Å². The minimum Gasteiger partial charge on any atom is -0.396 e. The molecule has 0 saturated carbocycles. The van der Waals surface area contributed by atoms with E-state index in [4.69, 9.17) is 5.11 Å². The van der Waals surface area contributed by atoms with E-state index in [1.807, 2.05) is 0 Å². The SMILES string of the molecule is O=C(CCCCO)Nc1cc(F)ccc1Br. The van der Waals surface area contributed by atoms with Gasteiger partial charge in [-0.25, -0.2) is 4.39 Å². The van der Waals surface area contributed by atoms with Gasteiger partial charge in [0.05, 0.1) is 5.69 Å². The topological polar surface area (TPSA) is 49.3 Å². The Labute approximate surface area is 102 Å². The Balaban J connectivity index is 2.52. The third-order valence-corrected chi connectivity index (χ3v) is 2.71. The zero-order chi connectivity index (χ0) is 12.0. The number of amides is 1. The van der Waals surface area contributed by atoms with Gasteiger partial charge >= 0.3 is 0 Å². The molecule has 5 heteroatoms. The van der Waals surface area contributed by atoms with Crippen LogP contribution in [0.2, 0.25) is 0 Å². The maximum absolute atomic E-state index is 12.9. The summed E-state index contributed by atoms with van der Waals surface area (Å²) in [5.74, 6) is -0.575. The molecule has 0 unspecified atom stereocenters. The van der Waals surface area contributed by atoms with Crippen LogP contribution in [0.25, 0.3) is 0 Å². The molecule has 0 radical (unpaired) electrons. The molecule has 16 heavy (non-hydrogen) atoms. The van der Waals surface area contributed by atoms with Crippen molar-refractivity contribution in [3.63, 3.8) is 0 Å². The van der Waals surface area contributed by atoms with Gasteiger partial charge in [-0.3, -0.25) is 4.79 Å². The van der Waals surface area contributed by atoms with Gasteiger partial charge in [-0.2, -0.15) is 0 Å². The number of aliphatic hydroxyl groups is 1. The van der Waals surface area contributed by atoms with E-state index >= 15 is 0 Å². The molecule has 0 aliphatic rings. The highest BCUT2D eigenvalue weighted by molar-refractivity contribution is 9.10. The van der Waals surface area contributed by atoms with Crippen molar-refractivity contribution < 1.29 is 14.3 Å². The average molecular weight is 290 g/mol. The van der Waals surface area contributed by atoms with Crippen LogP contribution in [0.5, 0.6) is 0 Å². The highest BCUT2D eigenvalue weighted by Gasteiger charge is 2.06. The molecule has 3 nitrogen and oxygen atoms in total. The first kappa shape index (κ1) is 13.1. The summed E-state index contributed by atoms with van der Waals surface area (Å²) in [5, 5.41) is 11.2. The van der Waals surface area contributed by atoms with Gasteiger partial charge in [0.1, 0.15) is 5.82 Å². The summed E-state index contributed by atoms with van der Waals surface area (Å²) < 4.78 is 13.5. The lowest BCUT2D eigenvalue weighted by atomic mass is 10.2. The molecule has 2 N–H and O–H groups in total. The molecule has 0 aliphatic heterocycles. The Morgan fingerprint density at radius 3 is 2.88 bits per heavy atom. The van der Waals surface area contributed by atoms with Crippen molar-refractivity contribution in [3.05, 3.63) is 28.5 Å². The van der Waals surface area contributed by atoms with Crippen LogP contribution in [0.15, 0.2) is 22.7 Å². The van der Waals surface area contributed by atoms with E-state index in [-0.39, 0.29) is 12.5 Å². The summed E-state index contributed by atoms with van der Waals surface area (Å²) in [4.78, 5) is 11.4. The molecule has 1 amide bonds. The van der Waals surface area contributed by atoms with Gasteiger partial charge in [0, 0.05) is 17.5 Å². The van der Waals surface area contributed by atoms with Crippen LogP contribution < -0.4 is 5.32 Å². The van der Waals surface area contributed by atoms with E-state index in [1.165, 1.54) is 12.1 Å². The fraction of sp³-hybridized carbons (Fsp3) is 0.364. The largest absolute Gasteiger partial charge is 0.396 e. The van der Waals surface area contributed by atoms with Crippen LogP contribution >= 0.6 is 15.9 Å². The Bertz CT molecular complexity index is 371. The number of hydrogen-bond donors (Lipinski definition) is 2. The van der Waals surface area contributed by atoms with E-state index in [9.17, 15) is 9.18 Å². The molecule has 0 bridgehead atoms. The maximum atomic E-state index is 12.9. The normalized spacial score (nSPS) is 10.2. The smallest absolute Gasteiger partial charge is 0.224 e. The van der Waals surface area contributed by atoms with Crippen LogP contribution in [0, 0.1) is 5.82 Å². The third-order valence-electron chi connectivity index (χ3n) is 2.01. The van der Waals surface area contributed by atoms with Crippen LogP contribution in [0.4, 0.5) is 10.1 Å². The third kappa shape index (κ3) is 4.28. The van der Waals surface area contributed by atoms with Crippen molar-refractivity contribution in [3.8, 4) is 0 Å². The van der Waals surface area contributed by atoms with Crippen LogP contribution in [0.3, 0.4) is 0 Å². The molecule has 0 fully saturated rings. The number of nitrogens with one attached hydrogen (secondary N) is 1. The number of carbonyl (C=O) groups is 1. The van der Waals surface area contributed by atoms with Gasteiger partial charge in [-0.15, -0.1) is 0 Å². The fourth-order valence-corrected chi connectivity index (χ4v) is 1.55. The predicted octanol–water partition coefficient (Wildman–Crippen LogP) is 2.69. The lowest BCUT2D eigenvalue weighted by Crippen LogP contribution is -2.11. The van der Waals surface area contributed by atoms with E-state index in [0.29, 0.717) is 29.4 Å². The maximum Gasteiger partial charge on any atom is 0.224 e. The number of rotatable bonds is 5. The lowest BCUT2D eigenvalue weighted by Gasteiger charge is -2.07. The summed E-state index contributed by atoms with van der Waals surface area (Å²) in [5.41, 5.74) is 0.425. The highest BCUT2D eigenvalue weighted by atomic mass is 79.9. The molecule has 0 heterocycles. The Hall–Kier alpha value is -0.940. The van der Waals surface area contributed by atoms with Crippen LogP contribution in [-0.4, -0.2) is 17.6 Å². The summed E-state index contributed by atoms with van der Waals surface area (Å²) in [6, 6.07) is 4.11. The summed E-state index contributed by atoms with van der Waals surface area (Å²) in [6.07, 6.45) is 1.54. The average Bonchev–Trinajstić information content (AvgIpc) is 2.24. The van der Waals surface area contributed by atoms with Gasteiger partial charge in [0.15, 0.2) is 0 Å². The van der Waals surface area contributed by atoms with Crippen molar-refractivity contribution >= 4 is 27.5 Å². The molecule has 1 aromatic rings. The minimum absolute atomic E-state index is 0.0803. The minimum atomic E-state index is -0.395. The van der Waals surface area contributed by atoms with Gasteiger partial charge in [0.2, 0.25) is 5.91 Å². The quantitative estimate of drug-likeness (QED) is 0.819. The fourth-order valence-electron chi connectivity index (χ4n) is 1.20. The number of halogens is 2. The Morgan fingerprint density at radius 2 is 2.19 bits per heavy atom. The van der Waals surface area contributed by atoms with Crippen molar-refractivity contribution in [1.82, 2.24) is 0 Å². The molecule has 0 aliphatic carbocycles. The van der Waals surface area contributed by atoms with Gasteiger partial charge in [-0.1, -0.05) is 0 Å². The molecule has 1 rings (SSSR count). The molecule has 0 atom stereocenters. The molecular weight excluding hydrogens is 277 g/mol. The highest BCUT2D eigenvalue weighted by Crippen LogP contribution is 2.23. The summed E-state index contributed by atoms with van der Waals surface area (Å²) in [7, 11) is 0. The Morgan fingerprint density at radius 1 is 1.44 bits per heavy atom. The first-order valence-corrected chi connectivity index (χ1v) is 5.78. The van der Waals surface area contributed by atoms with Gasteiger partial charge in [-0.05, 0) is 47.0 Å². The first-order chi connectivity index (χ1) is 7.63. The molecule has 88 valence electrons. The number of anilines is 1. The van der Waals surface area contributed by atoms with Crippen LogP contribution in [-0.2, 0) is 4.79 Å². The second kappa shape index (κ2) is 6.60. The standard InChI is InChI=1S/C11H13BrFNO2/c12-9-5-4-8(13)7-10(9)14-11(16)3-1-2-6-15/h4-5,7,15H,1-3,6H2,(H,14,16). The zero-order valence-corrected chi connectivity index (χ0v) is 10.3. The predicted molar refractivity (Wildman–Crippen MR) is 63.7 cm³/mol. The van der Waals surface area contributed by atoms with Gasteiger partial charge in [0.25, 0.3) is 0 Å². The first-order valence-electron chi connectivity index (χ1n) is 4.99. The summed E-state index contributed by atoms with van der Waals surface area (Å²) in [6.45, 7) is 0.0803. The van der Waals surface area contributed by atoms with Crippen molar-refractivity contribution in [2.24, 2.45) is 0 Å². The van der Waals surface area contributed by atoms with E-state index in [1.54, 1.807) is 6.07 Å². The number of carbonyl (C=O) groups excluding carboxylic acids is 1. The second-order valence-electron chi connectivity index (χ2n) is 3.35. The molecule has 1 aromatic carbocycles. The van der Waals surface area contributed by atoms with E-state index in [0.717, 1.165) is 0 Å². The lowest BCUT2D eigenvalue weighted by molar-refractivity contribution is -0.116. The number of benzene rings is 1. The zero-order valence-electron chi connectivity index (χ0n) is 8.67. The van der Waals surface area contributed by atoms with Crippen LogP contribution in [0.1, 0.15) is 19.3 Å². The Kier molecular flexibility index (Phi) is 5.42.